The monoisotopic (exact) mass is 300 g/mol. The lowest BCUT2D eigenvalue weighted by molar-refractivity contribution is -0.169. The Kier molecular flexibility index (Phi) is 4.02. The Morgan fingerprint density at radius 1 is 1.33 bits per heavy atom. The van der Waals surface area contributed by atoms with Gasteiger partial charge in [-0.25, -0.2) is 13.2 Å². The van der Waals surface area contributed by atoms with Gasteiger partial charge >= 0.3 is 0 Å². The van der Waals surface area contributed by atoms with E-state index in [1.807, 2.05) is 0 Å². The van der Waals surface area contributed by atoms with Crippen LogP contribution in [0.15, 0.2) is 18.2 Å². The third-order valence-electron chi connectivity index (χ3n) is 3.86. The highest BCUT2D eigenvalue weighted by Crippen LogP contribution is 2.46. The van der Waals surface area contributed by atoms with Gasteiger partial charge in [0.1, 0.15) is 11.4 Å². The van der Waals surface area contributed by atoms with E-state index in [1.165, 1.54) is 17.0 Å². The Labute approximate surface area is 122 Å². The number of hydrogen-bond acceptors (Lipinski definition) is 2. The first kappa shape index (κ1) is 15.8. The van der Waals surface area contributed by atoms with Crippen LogP contribution in [0.1, 0.15) is 24.0 Å². The SMILES string of the molecule is Cc1cc(F)ccc1CNC1(C(=O)N(C)C)CC(F)(F)C1. The van der Waals surface area contributed by atoms with Crippen molar-refractivity contribution in [3.05, 3.63) is 35.1 Å². The van der Waals surface area contributed by atoms with Crippen LogP contribution in [0.4, 0.5) is 13.2 Å². The van der Waals surface area contributed by atoms with Crippen molar-refractivity contribution in [2.45, 2.75) is 37.8 Å². The van der Waals surface area contributed by atoms with Gasteiger partial charge in [-0.2, -0.15) is 0 Å². The van der Waals surface area contributed by atoms with Gasteiger partial charge in [0.25, 0.3) is 5.92 Å². The third-order valence-corrected chi connectivity index (χ3v) is 3.86. The molecule has 0 spiro atoms. The van der Waals surface area contributed by atoms with E-state index in [-0.39, 0.29) is 18.3 Å². The van der Waals surface area contributed by atoms with E-state index in [9.17, 15) is 18.0 Å². The minimum absolute atomic E-state index is 0.252. The molecule has 0 atom stereocenters. The van der Waals surface area contributed by atoms with E-state index in [4.69, 9.17) is 0 Å². The maximum Gasteiger partial charge on any atom is 0.252 e. The Bertz CT molecular complexity index is 550. The molecule has 0 aliphatic heterocycles. The number of nitrogens with zero attached hydrogens (tertiary/aromatic N) is 1. The average molecular weight is 300 g/mol. The predicted molar refractivity (Wildman–Crippen MR) is 73.6 cm³/mol. The van der Waals surface area contributed by atoms with Crippen LogP contribution in [0, 0.1) is 12.7 Å². The fourth-order valence-corrected chi connectivity index (χ4v) is 2.73. The zero-order valence-electron chi connectivity index (χ0n) is 12.3. The lowest BCUT2D eigenvalue weighted by atomic mass is 9.72. The van der Waals surface area contributed by atoms with Gasteiger partial charge < -0.3 is 4.90 Å². The van der Waals surface area contributed by atoms with Gasteiger partial charge in [-0.05, 0) is 30.2 Å². The molecule has 1 aliphatic rings. The number of alkyl halides is 2. The number of aryl methyl sites for hydroxylation is 1. The van der Waals surface area contributed by atoms with E-state index in [0.29, 0.717) is 0 Å². The normalized spacial score (nSPS) is 19.0. The molecule has 1 amide bonds. The third kappa shape index (κ3) is 3.20. The molecule has 21 heavy (non-hydrogen) atoms. The van der Waals surface area contributed by atoms with Crippen LogP contribution < -0.4 is 5.32 Å². The molecule has 1 aromatic rings. The van der Waals surface area contributed by atoms with Crippen LogP contribution >= 0.6 is 0 Å². The Morgan fingerprint density at radius 2 is 1.95 bits per heavy atom. The van der Waals surface area contributed by atoms with Crippen molar-refractivity contribution >= 4 is 5.91 Å². The molecule has 0 saturated heterocycles. The summed E-state index contributed by atoms with van der Waals surface area (Å²) in [5.41, 5.74) is 0.284. The highest BCUT2D eigenvalue weighted by Gasteiger charge is 2.61. The summed E-state index contributed by atoms with van der Waals surface area (Å²) in [4.78, 5) is 13.5. The highest BCUT2D eigenvalue weighted by molar-refractivity contribution is 5.87. The number of benzene rings is 1. The van der Waals surface area contributed by atoms with Crippen molar-refractivity contribution in [1.82, 2.24) is 10.2 Å². The highest BCUT2D eigenvalue weighted by atomic mass is 19.3. The molecule has 2 rings (SSSR count). The van der Waals surface area contributed by atoms with Crippen molar-refractivity contribution in [2.24, 2.45) is 0 Å². The second-order valence-corrected chi connectivity index (χ2v) is 5.92. The standard InChI is InChI=1S/C15H19F3N2O/c1-10-6-12(16)5-4-11(10)7-19-14(13(21)20(2)3)8-15(17,18)9-14/h4-6,19H,7-9H2,1-3H3. The van der Waals surface area contributed by atoms with Crippen LogP contribution in [0.3, 0.4) is 0 Å². The first-order valence-corrected chi connectivity index (χ1v) is 6.75. The van der Waals surface area contributed by atoms with Crippen LogP contribution in [0.5, 0.6) is 0 Å². The van der Waals surface area contributed by atoms with Crippen LogP contribution in [-0.2, 0) is 11.3 Å². The Balaban J connectivity index is 2.12. The largest absolute Gasteiger partial charge is 0.347 e. The average Bonchev–Trinajstić information content (AvgIpc) is 2.33. The second kappa shape index (κ2) is 5.33. The van der Waals surface area contributed by atoms with Crippen LogP contribution in [0.25, 0.3) is 0 Å². The quantitative estimate of drug-likeness (QED) is 0.926. The Hall–Kier alpha value is -1.56. The first-order valence-electron chi connectivity index (χ1n) is 6.75. The first-order chi connectivity index (χ1) is 9.65. The molecule has 3 nitrogen and oxygen atoms in total. The van der Waals surface area contributed by atoms with E-state index >= 15 is 0 Å². The minimum atomic E-state index is -2.81. The number of nitrogens with one attached hydrogen (secondary N) is 1. The van der Waals surface area contributed by atoms with Crippen molar-refractivity contribution in [3.8, 4) is 0 Å². The molecule has 0 heterocycles. The van der Waals surface area contributed by atoms with Crippen molar-refractivity contribution < 1.29 is 18.0 Å². The fraction of sp³-hybridized carbons (Fsp3) is 0.533. The molecule has 1 fully saturated rings. The number of likely N-dealkylation sites (N-methyl/N-ethyl adjacent to an activating group) is 1. The molecule has 0 radical (unpaired) electrons. The lowest BCUT2D eigenvalue weighted by Crippen LogP contribution is -2.67. The predicted octanol–water partition coefficient (Wildman–Crippen LogP) is 2.48. The van der Waals surface area contributed by atoms with Crippen LogP contribution in [0.2, 0.25) is 0 Å². The second-order valence-electron chi connectivity index (χ2n) is 5.92. The van der Waals surface area contributed by atoms with Crippen molar-refractivity contribution in [1.29, 1.82) is 0 Å². The number of carbonyl (C=O) groups excluding carboxylic acids is 1. The molecular formula is C15H19F3N2O. The molecule has 1 aromatic carbocycles. The number of amides is 1. The summed E-state index contributed by atoms with van der Waals surface area (Å²) in [7, 11) is 3.09. The smallest absolute Gasteiger partial charge is 0.252 e. The van der Waals surface area contributed by atoms with E-state index in [0.717, 1.165) is 11.1 Å². The number of halogens is 3. The summed E-state index contributed by atoms with van der Waals surface area (Å²) in [5, 5.41) is 2.95. The molecule has 6 heteroatoms. The molecule has 116 valence electrons. The summed E-state index contributed by atoms with van der Waals surface area (Å²) in [6.45, 7) is 2.00. The number of hydrogen-bond donors (Lipinski definition) is 1. The molecule has 0 aromatic heterocycles. The van der Waals surface area contributed by atoms with Crippen molar-refractivity contribution in [3.63, 3.8) is 0 Å². The maximum absolute atomic E-state index is 13.3. The van der Waals surface area contributed by atoms with Crippen LogP contribution in [-0.4, -0.2) is 36.4 Å². The molecule has 0 bridgehead atoms. The van der Waals surface area contributed by atoms with Gasteiger partial charge in [-0.1, -0.05) is 6.07 Å². The summed E-state index contributed by atoms with van der Waals surface area (Å²) in [5.74, 6) is -3.50. The van der Waals surface area contributed by atoms with Crippen molar-refractivity contribution in [2.75, 3.05) is 14.1 Å². The van der Waals surface area contributed by atoms with Gasteiger partial charge in [0.15, 0.2) is 0 Å². The van der Waals surface area contributed by atoms with E-state index in [1.54, 1.807) is 27.1 Å². The van der Waals surface area contributed by atoms with Gasteiger partial charge in [0.05, 0.1) is 0 Å². The summed E-state index contributed by atoms with van der Waals surface area (Å²) < 4.78 is 39.6. The zero-order valence-corrected chi connectivity index (χ0v) is 12.3. The molecule has 1 N–H and O–H groups in total. The summed E-state index contributed by atoms with van der Waals surface area (Å²) >= 11 is 0. The fourth-order valence-electron chi connectivity index (χ4n) is 2.73. The molecule has 1 saturated carbocycles. The van der Waals surface area contributed by atoms with E-state index in [2.05, 4.69) is 5.32 Å². The lowest BCUT2D eigenvalue weighted by Gasteiger charge is -2.47. The topological polar surface area (TPSA) is 32.3 Å². The number of carbonyl (C=O) groups is 1. The van der Waals surface area contributed by atoms with Gasteiger partial charge in [-0.3, -0.25) is 10.1 Å². The molecule has 0 unspecified atom stereocenters. The number of rotatable bonds is 4. The summed E-state index contributed by atoms with van der Waals surface area (Å²) in [6.07, 6.45) is -1.01. The van der Waals surface area contributed by atoms with E-state index < -0.39 is 24.3 Å². The Morgan fingerprint density at radius 3 is 2.43 bits per heavy atom. The van der Waals surface area contributed by atoms with Gasteiger partial charge in [0, 0.05) is 33.5 Å². The van der Waals surface area contributed by atoms with Gasteiger partial charge in [0.2, 0.25) is 5.91 Å². The molecule has 1 aliphatic carbocycles. The minimum Gasteiger partial charge on any atom is -0.347 e. The zero-order chi connectivity index (χ0) is 15.8. The molecular weight excluding hydrogens is 281 g/mol. The van der Waals surface area contributed by atoms with Gasteiger partial charge in [-0.15, -0.1) is 0 Å². The maximum atomic E-state index is 13.3. The summed E-state index contributed by atoms with van der Waals surface area (Å²) in [6, 6.07) is 4.30.